The molecule has 7 heteroatoms. The smallest absolute Gasteiger partial charge is 0.325 e. The van der Waals surface area contributed by atoms with Crippen molar-refractivity contribution in [1.82, 2.24) is 10.6 Å². The van der Waals surface area contributed by atoms with E-state index in [-0.39, 0.29) is 0 Å². The maximum Gasteiger partial charge on any atom is 0.325 e. The van der Waals surface area contributed by atoms with Gasteiger partial charge in [0, 0.05) is 20.3 Å². The van der Waals surface area contributed by atoms with E-state index in [2.05, 4.69) is 10.6 Å². The largest absolute Gasteiger partial charge is 0.480 e. The van der Waals surface area contributed by atoms with Crippen molar-refractivity contribution in [2.75, 3.05) is 33.5 Å². The SMILES string of the molecule is COCCOCCCCNC(=O)NC(C)C(=O)O. The van der Waals surface area contributed by atoms with Crippen molar-refractivity contribution < 1.29 is 24.2 Å². The second-order valence-electron chi connectivity index (χ2n) is 3.77. The van der Waals surface area contributed by atoms with Crippen molar-refractivity contribution in [2.24, 2.45) is 0 Å². The summed E-state index contributed by atoms with van der Waals surface area (Å²) in [5.41, 5.74) is 0. The van der Waals surface area contributed by atoms with Gasteiger partial charge in [0.25, 0.3) is 0 Å². The molecule has 0 aliphatic rings. The van der Waals surface area contributed by atoms with Crippen LogP contribution >= 0.6 is 0 Å². The lowest BCUT2D eigenvalue weighted by Gasteiger charge is -2.10. The molecule has 0 aliphatic heterocycles. The van der Waals surface area contributed by atoms with Gasteiger partial charge in [0.1, 0.15) is 6.04 Å². The van der Waals surface area contributed by atoms with Gasteiger partial charge in [-0.2, -0.15) is 0 Å². The Bertz CT molecular complexity index is 248. The average Bonchev–Trinajstić information content (AvgIpc) is 2.32. The van der Waals surface area contributed by atoms with Crippen LogP contribution in [0.4, 0.5) is 4.79 Å². The number of methoxy groups -OCH3 is 1. The fourth-order valence-electron chi connectivity index (χ4n) is 1.08. The first-order chi connectivity index (χ1) is 8.57. The molecule has 0 aromatic carbocycles. The minimum absolute atomic E-state index is 0.467. The van der Waals surface area contributed by atoms with E-state index in [9.17, 15) is 9.59 Å². The van der Waals surface area contributed by atoms with E-state index < -0.39 is 18.0 Å². The average molecular weight is 262 g/mol. The summed E-state index contributed by atoms with van der Waals surface area (Å²) in [7, 11) is 1.62. The van der Waals surface area contributed by atoms with E-state index >= 15 is 0 Å². The van der Waals surface area contributed by atoms with E-state index in [1.54, 1.807) is 7.11 Å². The van der Waals surface area contributed by atoms with Crippen LogP contribution in [-0.4, -0.2) is 56.6 Å². The molecular weight excluding hydrogens is 240 g/mol. The molecule has 3 N–H and O–H groups in total. The molecule has 0 aromatic rings. The third kappa shape index (κ3) is 9.86. The molecule has 0 saturated carbocycles. The molecule has 0 aromatic heterocycles. The lowest BCUT2D eigenvalue weighted by Crippen LogP contribution is -2.44. The Hall–Kier alpha value is -1.34. The van der Waals surface area contributed by atoms with Gasteiger partial charge in [-0.05, 0) is 19.8 Å². The summed E-state index contributed by atoms with van der Waals surface area (Å²) in [4.78, 5) is 21.7. The second-order valence-corrected chi connectivity index (χ2v) is 3.77. The maximum absolute atomic E-state index is 11.2. The van der Waals surface area contributed by atoms with Crippen molar-refractivity contribution in [3.63, 3.8) is 0 Å². The number of ether oxygens (including phenoxy) is 2. The van der Waals surface area contributed by atoms with Gasteiger partial charge < -0.3 is 25.2 Å². The number of hydrogen-bond acceptors (Lipinski definition) is 4. The monoisotopic (exact) mass is 262 g/mol. The molecule has 18 heavy (non-hydrogen) atoms. The Morgan fingerprint density at radius 3 is 2.56 bits per heavy atom. The maximum atomic E-state index is 11.2. The van der Waals surface area contributed by atoms with Gasteiger partial charge in [-0.15, -0.1) is 0 Å². The highest BCUT2D eigenvalue weighted by Crippen LogP contribution is 1.89. The molecule has 1 atom stereocenters. The summed E-state index contributed by atoms with van der Waals surface area (Å²) in [6.45, 7) is 3.67. The van der Waals surface area contributed by atoms with Gasteiger partial charge >= 0.3 is 12.0 Å². The molecule has 0 spiro atoms. The number of carbonyl (C=O) groups excluding carboxylic acids is 1. The number of carbonyl (C=O) groups is 2. The number of amides is 2. The fourth-order valence-corrected chi connectivity index (χ4v) is 1.08. The lowest BCUT2D eigenvalue weighted by molar-refractivity contribution is -0.138. The molecule has 0 saturated heterocycles. The summed E-state index contributed by atoms with van der Waals surface area (Å²) >= 11 is 0. The van der Waals surface area contributed by atoms with Gasteiger partial charge in [-0.3, -0.25) is 4.79 Å². The number of carboxylic acids is 1. The molecular formula is C11H22N2O5. The standard InChI is InChI=1S/C11H22N2O5/c1-9(10(14)15)13-11(16)12-5-3-4-6-18-8-7-17-2/h9H,3-8H2,1-2H3,(H,14,15)(H2,12,13,16). The number of unbranched alkanes of at least 4 members (excludes halogenated alkanes) is 1. The summed E-state index contributed by atoms with van der Waals surface area (Å²) in [5, 5.41) is 13.5. The van der Waals surface area contributed by atoms with E-state index in [0.29, 0.717) is 26.4 Å². The van der Waals surface area contributed by atoms with Crippen molar-refractivity contribution in [3.05, 3.63) is 0 Å². The third-order valence-corrected chi connectivity index (χ3v) is 2.15. The van der Waals surface area contributed by atoms with Crippen molar-refractivity contribution >= 4 is 12.0 Å². The fraction of sp³-hybridized carbons (Fsp3) is 0.818. The summed E-state index contributed by atoms with van der Waals surface area (Å²) in [5.74, 6) is -1.06. The van der Waals surface area contributed by atoms with Crippen LogP contribution in [0.15, 0.2) is 0 Å². The minimum atomic E-state index is -1.06. The minimum Gasteiger partial charge on any atom is -0.480 e. The van der Waals surface area contributed by atoms with Crippen molar-refractivity contribution in [1.29, 1.82) is 0 Å². The summed E-state index contributed by atoms with van der Waals surface area (Å²) < 4.78 is 10.1. The molecule has 2 amide bonds. The second kappa shape index (κ2) is 10.8. The molecule has 106 valence electrons. The Balaban J connectivity index is 3.33. The van der Waals surface area contributed by atoms with Crippen LogP contribution < -0.4 is 10.6 Å². The van der Waals surface area contributed by atoms with Crippen molar-refractivity contribution in [2.45, 2.75) is 25.8 Å². The zero-order valence-electron chi connectivity index (χ0n) is 10.9. The van der Waals surface area contributed by atoms with Crippen LogP contribution in [0, 0.1) is 0 Å². The topological polar surface area (TPSA) is 96.9 Å². The molecule has 0 fully saturated rings. The normalized spacial score (nSPS) is 11.9. The molecule has 7 nitrogen and oxygen atoms in total. The summed E-state index contributed by atoms with van der Waals surface area (Å²) in [6, 6.07) is -1.35. The lowest BCUT2D eigenvalue weighted by atomic mass is 10.3. The highest BCUT2D eigenvalue weighted by Gasteiger charge is 2.12. The van der Waals surface area contributed by atoms with Crippen LogP contribution in [0.5, 0.6) is 0 Å². The van der Waals surface area contributed by atoms with Gasteiger partial charge in [0.05, 0.1) is 13.2 Å². The first kappa shape index (κ1) is 16.7. The molecule has 0 heterocycles. The predicted octanol–water partition coefficient (Wildman–Crippen LogP) is 0.202. The van der Waals surface area contributed by atoms with Crippen LogP contribution in [0.25, 0.3) is 0 Å². The highest BCUT2D eigenvalue weighted by molar-refractivity contribution is 5.82. The first-order valence-corrected chi connectivity index (χ1v) is 5.91. The molecule has 0 radical (unpaired) electrons. The Labute approximate surface area is 107 Å². The zero-order valence-corrected chi connectivity index (χ0v) is 10.9. The Morgan fingerprint density at radius 2 is 1.94 bits per heavy atom. The van der Waals surface area contributed by atoms with E-state index in [0.717, 1.165) is 12.8 Å². The predicted molar refractivity (Wildman–Crippen MR) is 65.6 cm³/mol. The summed E-state index contributed by atoms with van der Waals surface area (Å²) in [6.07, 6.45) is 1.61. The number of hydrogen-bond donors (Lipinski definition) is 3. The number of rotatable bonds is 10. The van der Waals surface area contributed by atoms with Gasteiger partial charge in [0.15, 0.2) is 0 Å². The van der Waals surface area contributed by atoms with E-state index in [4.69, 9.17) is 14.6 Å². The van der Waals surface area contributed by atoms with Gasteiger partial charge in [-0.1, -0.05) is 0 Å². The first-order valence-electron chi connectivity index (χ1n) is 5.91. The zero-order chi connectivity index (χ0) is 13.8. The molecule has 1 unspecified atom stereocenters. The number of urea groups is 1. The van der Waals surface area contributed by atoms with Crippen LogP contribution in [0.3, 0.4) is 0 Å². The number of aliphatic carboxylic acids is 1. The van der Waals surface area contributed by atoms with Crippen LogP contribution in [-0.2, 0) is 14.3 Å². The van der Waals surface area contributed by atoms with Crippen LogP contribution in [0.2, 0.25) is 0 Å². The highest BCUT2D eigenvalue weighted by atomic mass is 16.5. The quantitative estimate of drug-likeness (QED) is 0.489. The molecule has 0 aliphatic carbocycles. The Morgan fingerprint density at radius 1 is 1.22 bits per heavy atom. The molecule has 0 bridgehead atoms. The van der Waals surface area contributed by atoms with Gasteiger partial charge in [-0.25, -0.2) is 4.79 Å². The Kier molecular flexibility index (Phi) is 9.99. The van der Waals surface area contributed by atoms with Crippen LogP contribution in [0.1, 0.15) is 19.8 Å². The van der Waals surface area contributed by atoms with E-state index in [1.807, 2.05) is 0 Å². The number of carboxylic acid groups (broad SMARTS) is 1. The number of nitrogens with one attached hydrogen (secondary N) is 2. The molecule has 0 rings (SSSR count). The third-order valence-electron chi connectivity index (χ3n) is 2.15. The van der Waals surface area contributed by atoms with E-state index in [1.165, 1.54) is 6.92 Å². The van der Waals surface area contributed by atoms with Gasteiger partial charge in [0.2, 0.25) is 0 Å². The van der Waals surface area contributed by atoms with Crippen molar-refractivity contribution in [3.8, 4) is 0 Å².